The van der Waals surface area contributed by atoms with Crippen LogP contribution in [0.2, 0.25) is 0 Å². The minimum Gasteiger partial charge on any atom is -0.489 e. The monoisotopic (exact) mass is 385 g/mol. The molecule has 4 aromatic rings. The number of hydrogen-bond acceptors (Lipinski definition) is 3. The predicted octanol–water partition coefficient (Wildman–Crippen LogP) is 6.13. The molecule has 29 heavy (non-hydrogen) atoms. The van der Waals surface area contributed by atoms with Gasteiger partial charge in [0.15, 0.2) is 5.76 Å². The largest absolute Gasteiger partial charge is 0.489 e. The van der Waals surface area contributed by atoms with Crippen LogP contribution in [0.4, 0.5) is 5.69 Å². The standard InChI is InChI=1S/C25H23NO3/c1-3-18-9-14-23-22(15-18)17(2)24(29-23)25(27)26-20-10-12-21(13-11-20)28-16-19-7-5-4-6-8-19/h4-15H,3,16H2,1-2H3,(H,26,27). The van der Waals surface area contributed by atoms with Gasteiger partial charge in [0.1, 0.15) is 17.9 Å². The Bertz CT molecular complexity index is 1130. The second-order valence-corrected chi connectivity index (χ2v) is 6.99. The Morgan fingerprint density at radius 3 is 2.45 bits per heavy atom. The van der Waals surface area contributed by atoms with Crippen molar-refractivity contribution in [2.24, 2.45) is 0 Å². The number of fused-ring (bicyclic) bond motifs is 1. The average molecular weight is 385 g/mol. The smallest absolute Gasteiger partial charge is 0.291 e. The molecule has 4 nitrogen and oxygen atoms in total. The Morgan fingerprint density at radius 2 is 1.72 bits per heavy atom. The van der Waals surface area contributed by atoms with Crippen molar-refractivity contribution in [1.82, 2.24) is 0 Å². The van der Waals surface area contributed by atoms with Gasteiger partial charge >= 0.3 is 0 Å². The summed E-state index contributed by atoms with van der Waals surface area (Å²) in [6, 6.07) is 23.4. The highest BCUT2D eigenvalue weighted by Gasteiger charge is 2.18. The summed E-state index contributed by atoms with van der Waals surface area (Å²) in [6.45, 7) is 4.53. The molecule has 0 bridgehead atoms. The van der Waals surface area contributed by atoms with Gasteiger partial charge in [-0.05, 0) is 60.9 Å². The first-order chi connectivity index (χ1) is 14.1. The molecule has 0 aliphatic carbocycles. The van der Waals surface area contributed by atoms with Crippen LogP contribution in [0.5, 0.6) is 5.75 Å². The van der Waals surface area contributed by atoms with Gasteiger partial charge in [-0.3, -0.25) is 4.79 Å². The van der Waals surface area contributed by atoms with Crippen LogP contribution in [0.15, 0.2) is 77.2 Å². The number of anilines is 1. The van der Waals surface area contributed by atoms with Crippen molar-refractivity contribution in [3.8, 4) is 5.75 Å². The number of aryl methyl sites for hydroxylation is 2. The number of ether oxygens (including phenoxy) is 1. The molecule has 0 saturated carbocycles. The third kappa shape index (κ3) is 4.16. The molecule has 0 unspecified atom stereocenters. The maximum Gasteiger partial charge on any atom is 0.291 e. The zero-order valence-corrected chi connectivity index (χ0v) is 16.6. The lowest BCUT2D eigenvalue weighted by molar-refractivity contribution is 0.0998. The third-order valence-corrected chi connectivity index (χ3v) is 4.98. The molecule has 0 radical (unpaired) electrons. The Balaban J connectivity index is 1.44. The quantitative estimate of drug-likeness (QED) is 0.434. The van der Waals surface area contributed by atoms with Crippen LogP contribution in [0.1, 0.15) is 34.2 Å². The topological polar surface area (TPSA) is 51.5 Å². The van der Waals surface area contributed by atoms with E-state index in [1.165, 1.54) is 5.56 Å². The number of carbonyl (C=O) groups is 1. The zero-order valence-electron chi connectivity index (χ0n) is 16.6. The van der Waals surface area contributed by atoms with Crippen LogP contribution >= 0.6 is 0 Å². The summed E-state index contributed by atoms with van der Waals surface area (Å²) in [5.74, 6) is 0.839. The lowest BCUT2D eigenvalue weighted by atomic mass is 10.1. The number of benzene rings is 3. The van der Waals surface area contributed by atoms with Gasteiger partial charge in [-0.2, -0.15) is 0 Å². The number of amides is 1. The molecule has 1 N–H and O–H groups in total. The molecule has 0 aliphatic rings. The fourth-order valence-electron chi connectivity index (χ4n) is 3.27. The van der Waals surface area contributed by atoms with E-state index < -0.39 is 0 Å². The van der Waals surface area contributed by atoms with E-state index in [2.05, 4.69) is 18.3 Å². The van der Waals surface area contributed by atoms with Gasteiger partial charge in [0.05, 0.1) is 0 Å². The van der Waals surface area contributed by atoms with Gasteiger partial charge < -0.3 is 14.5 Å². The minimum atomic E-state index is -0.255. The molecule has 0 atom stereocenters. The summed E-state index contributed by atoms with van der Waals surface area (Å²) in [4.78, 5) is 12.7. The van der Waals surface area contributed by atoms with E-state index in [4.69, 9.17) is 9.15 Å². The molecule has 4 heteroatoms. The van der Waals surface area contributed by atoms with Gasteiger partial charge in [0.25, 0.3) is 5.91 Å². The van der Waals surface area contributed by atoms with Crippen LogP contribution in [0.3, 0.4) is 0 Å². The first-order valence-corrected chi connectivity index (χ1v) is 9.74. The fourth-order valence-corrected chi connectivity index (χ4v) is 3.27. The summed E-state index contributed by atoms with van der Waals surface area (Å²) < 4.78 is 11.6. The van der Waals surface area contributed by atoms with Crippen LogP contribution in [-0.4, -0.2) is 5.91 Å². The van der Waals surface area contributed by atoms with E-state index in [9.17, 15) is 4.79 Å². The van der Waals surface area contributed by atoms with Crippen LogP contribution in [-0.2, 0) is 13.0 Å². The summed E-state index contributed by atoms with van der Waals surface area (Å²) in [5.41, 5.74) is 4.61. The van der Waals surface area contributed by atoms with Gasteiger partial charge in [-0.25, -0.2) is 0 Å². The number of rotatable bonds is 6. The lowest BCUT2D eigenvalue weighted by Crippen LogP contribution is -2.12. The van der Waals surface area contributed by atoms with E-state index in [0.29, 0.717) is 18.1 Å². The van der Waals surface area contributed by atoms with E-state index in [-0.39, 0.29) is 5.91 Å². The molecular formula is C25H23NO3. The fraction of sp³-hybridized carbons (Fsp3) is 0.160. The molecular weight excluding hydrogens is 362 g/mol. The average Bonchev–Trinajstić information content (AvgIpc) is 3.10. The lowest BCUT2D eigenvalue weighted by Gasteiger charge is -2.08. The summed E-state index contributed by atoms with van der Waals surface area (Å²) in [7, 11) is 0. The first-order valence-electron chi connectivity index (χ1n) is 9.74. The SMILES string of the molecule is CCc1ccc2oc(C(=O)Nc3ccc(OCc4ccccc4)cc3)c(C)c2c1. The first kappa shape index (κ1) is 18.8. The van der Waals surface area contributed by atoms with E-state index in [1.54, 1.807) is 0 Å². The second kappa shape index (κ2) is 8.23. The number of furan rings is 1. The maximum absolute atomic E-state index is 12.7. The Morgan fingerprint density at radius 1 is 0.966 bits per heavy atom. The molecule has 0 aliphatic heterocycles. The molecule has 1 aromatic heterocycles. The number of carbonyl (C=O) groups excluding carboxylic acids is 1. The van der Waals surface area contributed by atoms with Crippen molar-refractivity contribution in [1.29, 1.82) is 0 Å². The Kier molecular flexibility index (Phi) is 5.34. The molecule has 1 heterocycles. The third-order valence-electron chi connectivity index (χ3n) is 4.98. The maximum atomic E-state index is 12.7. The minimum absolute atomic E-state index is 0.255. The normalized spacial score (nSPS) is 10.8. The molecule has 0 saturated heterocycles. The van der Waals surface area contributed by atoms with Gasteiger partial charge in [-0.15, -0.1) is 0 Å². The molecule has 0 spiro atoms. The molecule has 0 fully saturated rings. The van der Waals surface area contributed by atoms with Crippen molar-refractivity contribution >= 4 is 22.6 Å². The summed E-state index contributed by atoms with van der Waals surface area (Å²) >= 11 is 0. The molecule has 3 aromatic carbocycles. The Hall–Kier alpha value is -3.53. The predicted molar refractivity (Wildman–Crippen MR) is 115 cm³/mol. The van der Waals surface area contributed by atoms with Gasteiger partial charge in [-0.1, -0.05) is 43.3 Å². The van der Waals surface area contributed by atoms with Gasteiger partial charge in [0.2, 0.25) is 0 Å². The highest BCUT2D eigenvalue weighted by molar-refractivity contribution is 6.06. The van der Waals surface area contributed by atoms with Crippen molar-refractivity contribution in [2.75, 3.05) is 5.32 Å². The van der Waals surface area contributed by atoms with Crippen molar-refractivity contribution < 1.29 is 13.9 Å². The van der Waals surface area contributed by atoms with Crippen molar-refractivity contribution in [2.45, 2.75) is 26.9 Å². The highest BCUT2D eigenvalue weighted by Crippen LogP contribution is 2.27. The van der Waals surface area contributed by atoms with Crippen molar-refractivity contribution in [3.05, 3.63) is 95.2 Å². The van der Waals surface area contributed by atoms with E-state index in [1.807, 2.05) is 73.7 Å². The van der Waals surface area contributed by atoms with Crippen molar-refractivity contribution in [3.63, 3.8) is 0 Å². The zero-order chi connectivity index (χ0) is 20.2. The van der Waals surface area contributed by atoms with Gasteiger partial charge in [0, 0.05) is 16.6 Å². The van der Waals surface area contributed by atoms with E-state index in [0.717, 1.165) is 34.3 Å². The van der Waals surface area contributed by atoms with Crippen LogP contribution in [0, 0.1) is 6.92 Å². The number of nitrogens with one attached hydrogen (secondary N) is 1. The highest BCUT2D eigenvalue weighted by atomic mass is 16.5. The summed E-state index contributed by atoms with van der Waals surface area (Å²) in [6.07, 6.45) is 0.945. The number of hydrogen-bond donors (Lipinski definition) is 1. The Labute approximate surface area is 170 Å². The molecule has 146 valence electrons. The molecule has 1 amide bonds. The van der Waals surface area contributed by atoms with Crippen LogP contribution < -0.4 is 10.1 Å². The molecule has 4 rings (SSSR count). The summed E-state index contributed by atoms with van der Waals surface area (Å²) in [5, 5.41) is 3.89. The van der Waals surface area contributed by atoms with Crippen LogP contribution in [0.25, 0.3) is 11.0 Å². The van der Waals surface area contributed by atoms with E-state index >= 15 is 0 Å². The second-order valence-electron chi connectivity index (χ2n) is 6.99.